The van der Waals surface area contributed by atoms with Gasteiger partial charge in [0, 0.05) is 19.8 Å². The maximum Gasteiger partial charge on any atom is 0.149 e. The lowest BCUT2D eigenvalue weighted by Crippen LogP contribution is -2.07. The van der Waals surface area contributed by atoms with Gasteiger partial charge in [0.2, 0.25) is 0 Å². The molecule has 5 heteroatoms. The van der Waals surface area contributed by atoms with Crippen molar-refractivity contribution in [1.82, 2.24) is 9.97 Å². The van der Waals surface area contributed by atoms with Gasteiger partial charge in [0.15, 0.2) is 0 Å². The number of benzene rings is 2. The van der Waals surface area contributed by atoms with Gasteiger partial charge in [-0.05, 0) is 48.4 Å². The Morgan fingerprint density at radius 1 is 1.17 bits per heavy atom. The zero-order valence-corrected chi connectivity index (χ0v) is 14.7. The topological polar surface area (TPSA) is 55.7 Å². The number of hydrogen-bond acceptors (Lipinski definition) is 3. The van der Waals surface area contributed by atoms with Crippen LogP contribution in [-0.2, 0) is 0 Å². The molecule has 24 heavy (non-hydrogen) atoms. The van der Waals surface area contributed by atoms with Gasteiger partial charge in [0.05, 0.1) is 16.6 Å². The van der Waals surface area contributed by atoms with Gasteiger partial charge in [-0.1, -0.05) is 18.2 Å². The van der Waals surface area contributed by atoms with Crippen LogP contribution in [-0.4, -0.2) is 24.1 Å². The van der Waals surface area contributed by atoms with Crippen molar-refractivity contribution in [2.75, 3.05) is 19.0 Å². The van der Waals surface area contributed by atoms with Crippen molar-refractivity contribution in [3.8, 4) is 6.07 Å². The summed E-state index contributed by atoms with van der Waals surface area (Å²) in [5.74, 6) is 0.602. The zero-order chi connectivity index (χ0) is 16.4. The predicted molar refractivity (Wildman–Crippen MR) is 102 cm³/mol. The molecule has 3 rings (SSSR count). The van der Waals surface area contributed by atoms with E-state index >= 15 is 0 Å². The van der Waals surface area contributed by atoms with Crippen LogP contribution in [0.15, 0.2) is 42.5 Å². The van der Waals surface area contributed by atoms with E-state index in [-0.39, 0.29) is 12.4 Å². The quantitative estimate of drug-likeness (QED) is 0.719. The normalized spacial score (nSPS) is 11.0. The fourth-order valence-corrected chi connectivity index (χ4v) is 2.44. The summed E-state index contributed by atoms with van der Waals surface area (Å²) in [5, 5.41) is 9.48. The van der Waals surface area contributed by atoms with E-state index in [0.29, 0.717) is 11.4 Å². The number of fused-ring (bicyclic) bond motifs is 1. The number of aryl methyl sites for hydroxylation is 1. The van der Waals surface area contributed by atoms with Gasteiger partial charge < -0.3 is 9.88 Å². The van der Waals surface area contributed by atoms with Gasteiger partial charge in [-0.25, -0.2) is 4.98 Å². The van der Waals surface area contributed by atoms with Crippen LogP contribution in [0.4, 0.5) is 5.69 Å². The number of nitrogens with zero attached hydrogens (tertiary/aromatic N) is 3. The SMILES string of the molecule is Cc1ccc2nc(/C(C#N)=C\c3ccc(N(C)C)cc3)[nH]c2c1.Cl. The lowest BCUT2D eigenvalue weighted by atomic mass is 10.1. The number of nitriles is 1. The van der Waals surface area contributed by atoms with Crippen molar-refractivity contribution < 1.29 is 0 Å². The van der Waals surface area contributed by atoms with Gasteiger partial charge in [0.25, 0.3) is 0 Å². The van der Waals surface area contributed by atoms with E-state index in [2.05, 4.69) is 16.0 Å². The highest BCUT2D eigenvalue weighted by Crippen LogP contribution is 2.21. The van der Waals surface area contributed by atoms with Crippen LogP contribution >= 0.6 is 12.4 Å². The number of anilines is 1. The smallest absolute Gasteiger partial charge is 0.149 e. The molecule has 1 heterocycles. The number of rotatable bonds is 3. The Morgan fingerprint density at radius 2 is 1.88 bits per heavy atom. The fraction of sp³-hybridized carbons (Fsp3) is 0.158. The minimum Gasteiger partial charge on any atom is -0.378 e. The molecule has 4 nitrogen and oxygen atoms in total. The van der Waals surface area contributed by atoms with Crippen LogP contribution in [0.25, 0.3) is 22.7 Å². The number of H-pyrrole nitrogens is 1. The number of aromatic nitrogens is 2. The van der Waals surface area contributed by atoms with Crippen molar-refractivity contribution in [3.05, 3.63) is 59.4 Å². The molecule has 0 amide bonds. The lowest BCUT2D eigenvalue weighted by molar-refractivity contribution is 1.13. The molecule has 0 radical (unpaired) electrons. The maximum atomic E-state index is 9.48. The standard InChI is InChI=1S/C19H18N4.ClH/c1-13-4-9-17-18(10-13)22-19(21-17)15(12-20)11-14-5-7-16(8-6-14)23(2)3;/h4-11H,1-3H3,(H,21,22);1H/b15-11-;. The molecule has 0 aliphatic rings. The van der Waals surface area contributed by atoms with Crippen molar-refractivity contribution in [2.24, 2.45) is 0 Å². The second-order valence-electron chi connectivity index (χ2n) is 5.76. The predicted octanol–water partition coefficient (Wildman–Crippen LogP) is 4.42. The van der Waals surface area contributed by atoms with Crippen LogP contribution in [0.3, 0.4) is 0 Å². The third-order valence-electron chi connectivity index (χ3n) is 3.73. The zero-order valence-electron chi connectivity index (χ0n) is 13.9. The van der Waals surface area contributed by atoms with Gasteiger partial charge in [-0.2, -0.15) is 5.26 Å². The van der Waals surface area contributed by atoms with Crippen LogP contribution < -0.4 is 4.90 Å². The van der Waals surface area contributed by atoms with Crippen LogP contribution in [0.2, 0.25) is 0 Å². The first-order valence-corrected chi connectivity index (χ1v) is 7.43. The van der Waals surface area contributed by atoms with Crippen LogP contribution in [0, 0.1) is 18.3 Å². The third-order valence-corrected chi connectivity index (χ3v) is 3.73. The molecule has 0 saturated carbocycles. The molecule has 2 aromatic carbocycles. The second-order valence-corrected chi connectivity index (χ2v) is 5.76. The number of halogens is 1. The summed E-state index contributed by atoms with van der Waals surface area (Å²) in [6.45, 7) is 2.04. The Hall–Kier alpha value is -2.77. The number of imidazole rings is 1. The van der Waals surface area contributed by atoms with Crippen molar-refractivity contribution in [2.45, 2.75) is 6.92 Å². The molecule has 122 valence electrons. The van der Waals surface area contributed by atoms with Gasteiger partial charge >= 0.3 is 0 Å². The molecule has 0 atom stereocenters. The first-order valence-electron chi connectivity index (χ1n) is 7.43. The van der Waals surface area contributed by atoms with Crippen molar-refractivity contribution in [1.29, 1.82) is 5.26 Å². The molecular weight excluding hydrogens is 320 g/mol. The largest absolute Gasteiger partial charge is 0.378 e. The molecule has 0 spiro atoms. The van der Waals surface area contributed by atoms with Gasteiger partial charge in [0.1, 0.15) is 11.9 Å². The third kappa shape index (κ3) is 3.58. The summed E-state index contributed by atoms with van der Waals surface area (Å²) in [5.41, 5.74) is 5.60. The van der Waals surface area contributed by atoms with Crippen molar-refractivity contribution in [3.63, 3.8) is 0 Å². The number of allylic oxidation sites excluding steroid dienone is 1. The highest BCUT2D eigenvalue weighted by molar-refractivity contribution is 5.90. The molecule has 1 aromatic heterocycles. The second kappa shape index (κ2) is 7.20. The van der Waals surface area contributed by atoms with E-state index in [0.717, 1.165) is 27.8 Å². The van der Waals surface area contributed by atoms with E-state index < -0.39 is 0 Å². The van der Waals surface area contributed by atoms with E-state index in [1.54, 1.807) is 0 Å². The summed E-state index contributed by atoms with van der Waals surface area (Å²) < 4.78 is 0. The highest BCUT2D eigenvalue weighted by atomic mass is 35.5. The minimum absolute atomic E-state index is 0. The van der Waals surface area contributed by atoms with E-state index in [4.69, 9.17) is 0 Å². The maximum absolute atomic E-state index is 9.48. The summed E-state index contributed by atoms with van der Waals surface area (Å²) in [6.07, 6.45) is 1.85. The Kier molecular flexibility index (Phi) is 5.28. The molecule has 0 aliphatic heterocycles. The Morgan fingerprint density at radius 3 is 2.50 bits per heavy atom. The number of aromatic amines is 1. The monoisotopic (exact) mass is 338 g/mol. The van der Waals surface area contributed by atoms with E-state index in [1.807, 2.05) is 74.5 Å². The lowest BCUT2D eigenvalue weighted by Gasteiger charge is -2.11. The molecule has 0 unspecified atom stereocenters. The first kappa shape index (κ1) is 17.6. The highest BCUT2D eigenvalue weighted by Gasteiger charge is 2.08. The van der Waals surface area contributed by atoms with Crippen LogP contribution in [0.1, 0.15) is 17.0 Å². The molecule has 0 aliphatic carbocycles. The minimum atomic E-state index is 0. The van der Waals surface area contributed by atoms with Gasteiger partial charge in [-0.15, -0.1) is 12.4 Å². The number of hydrogen-bond donors (Lipinski definition) is 1. The fourth-order valence-electron chi connectivity index (χ4n) is 2.44. The van der Waals surface area contributed by atoms with Crippen LogP contribution in [0.5, 0.6) is 0 Å². The summed E-state index contributed by atoms with van der Waals surface area (Å²) in [7, 11) is 4.00. The first-order chi connectivity index (χ1) is 11.1. The Bertz CT molecular complexity index is 915. The number of nitrogens with one attached hydrogen (secondary N) is 1. The molecule has 0 saturated heterocycles. The molecule has 1 N–H and O–H groups in total. The Balaban J connectivity index is 0.00000208. The average Bonchev–Trinajstić information content (AvgIpc) is 2.95. The molecular formula is C19H19ClN4. The van der Waals surface area contributed by atoms with Crippen molar-refractivity contribution >= 4 is 40.8 Å². The summed E-state index contributed by atoms with van der Waals surface area (Å²) in [4.78, 5) is 9.78. The average molecular weight is 339 g/mol. The Labute approximate surface area is 147 Å². The molecule has 3 aromatic rings. The molecule has 0 fully saturated rings. The summed E-state index contributed by atoms with van der Waals surface area (Å²) >= 11 is 0. The van der Waals surface area contributed by atoms with E-state index in [9.17, 15) is 5.26 Å². The van der Waals surface area contributed by atoms with E-state index in [1.165, 1.54) is 0 Å². The molecule has 0 bridgehead atoms. The summed E-state index contributed by atoms with van der Waals surface area (Å²) in [6, 6.07) is 16.3. The van der Waals surface area contributed by atoms with Gasteiger partial charge in [-0.3, -0.25) is 0 Å².